The standard InChI is InChI=1S/C27H21Cl2N5O4S/c1-38-18-12-24(33-31-13-18)32-26(36)19-6-5-15(8-20(19)28)14-34-21(11-17-4-2-3-7-30-17)22(35)9-16-10-23(29)39-25(16)27(34)37/h2-8,10,12-13,21H,9,11,14H2,1H3,(H,32,33,36). The molecule has 0 saturated heterocycles. The van der Waals surface area contributed by atoms with Crippen molar-refractivity contribution in [2.75, 3.05) is 12.4 Å². The fourth-order valence-corrected chi connectivity index (χ4v) is 5.84. The monoisotopic (exact) mass is 581 g/mol. The highest BCUT2D eigenvalue weighted by atomic mass is 35.5. The Balaban J connectivity index is 1.42. The van der Waals surface area contributed by atoms with Crippen LogP contribution in [-0.2, 0) is 24.2 Å². The van der Waals surface area contributed by atoms with Gasteiger partial charge in [-0.05, 0) is 41.5 Å². The van der Waals surface area contributed by atoms with Crippen LogP contribution in [0.15, 0.2) is 60.9 Å². The molecule has 0 spiro atoms. The molecule has 1 aliphatic heterocycles. The van der Waals surface area contributed by atoms with Crippen molar-refractivity contribution in [2.24, 2.45) is 0 Å². The van der Waals surface area contributed by atoms with E-state index in [1.54, 1.807) is 36.5 Å². The van der Waals surface area contributed by atoms with Crippen LogP contribution < -0.4 is 10.1 Å². The third kappa shape index (κ3) is 5.93. The highest BCUT2D eigenvalue weighted by Gasteiger charge is 2.37. The smallest absolute Gasteiger partial charge is 0.265 e. The minimum absolute atomic E-state index is 0.0972. The number of halogens is 2. The largest absolute Gasteiger partial charge is 0.495 e. The maximum Gasteiger partial charge on any atom is 0.265 e. The number of hydrogen-bond acceptors (Lipinski definition) is 8. The van der Waals surface area contributed by atoms with Crippen molar-refractivity contribution in [1.29, 1.82) is 0 Å². The summed E-state index contributed by atoms with van der Waals surface area (Å²) in [7, 11) is 1.48. The summed E-state index contributed by atoms with van der Waals surface area (Å²) in [5.74, 6) is -0.238. The fourth-order valence-electron chi connectivity index (χ4n) is 4.32. The summed E-state index contributed by atoms with van der Waals surface area (Å²) in [6.07, 6.45) is 3.44. The number of pyridine rings is 1. The molecule has 1 atom stereocenters. The van der Waals surface area contributed by atoms with Gasteiger partial charge in [-0.15, -0.1) is 16.4 Å². The predicted molar refractivity (Wildman–Crippen MR) is 148 cm³/mol. The zero-order valence-electron chi connectivity index (χ0n) is 20.6. The minimum atomic E-state index is -0.737. The first kappa shape index (κ1) is 26.7. The van der Waals surface area contributed by atoms with Gasteiger partial charge >= 0.3 is 0 Å². The molecule has 1 aromatic carbocycles. The van der Waals surface area contributed by atoms with Gasteiger partial charge in [-0.3, -0.25) is 19.4 Å². The maximum absolute atomic E-state index is 13.7. The number of thiophene rings is 1. The highest BCUT2D eigenvalue weighted by Crippen LogP contribution is 2.33. The number of carbonyl (C=O) groups excluding carboxylic acids is 3. The molecule has 12 heteroatoms. The quantitative estimate of drug-likeness (QED) is 0.330. The number of nitrogens with one attached hydrogen (secondary N) is 1. The number of benzene rings is 1. The fraction of sp³-hybridized carbons (Fsp3) is 0.185. The van der Waals surface area contributed by atoms with Gasteiger partial charge < -0.3 is 15.0 Å². The van der Waals surface area contributed by atoms with E-state index in [0.717, 1.165) is 11.3 Å². The van der Waals surface area contributed by atoms with Crippen LogP contribution in [0.3, 0.4) is 0 Å². The van der Waals surface area contributed by atoms with E-state index in [4.69, 9.17) is 27.9 Å². The first-order valence-electron chi connectivity index (χ1n) is 11.8. The Bertz CT molecular complexity index is 1560. The van der Waals surface area contributed by atoms with Crippen molar-refractivity contribution < 1.29 is 19.1 Å². The summed E-state index contributed by atoms with van der Waals surface area (Å²) in [5.41, 5.74) is 2.18. The van der Waals surface area contributed by atoms with Crippen molar-refractivity contribution in [3.05, 3.63) is 97.5 Å². The number of aromatic nitrogens is 3. The van der Waals surface area contributed by atoms with E-state index >= 15 is 0 Å². The van der Waals surface area contributed by atoms with Gasteiger partial charge in [-0.2, -0.15) is 5.10 Å². The number of fused-ring (bicyclic) bond motifs is 1. The Labute approximate surface area is 237 Å². The van der Waals surface area contributed by atoms with Crippen molar-refractivity contribution in [1.82, 2.24) is 20.1 Å². The van der Waals surface area contributed by atoms with E-state index in [2.05, 4.69) is 20.5 Å². The zero-order chi connectivity index (χ0) is 27.5. The summed E-state index contributed by atoms with van der Waals surface area (Å²) >= 11 is 13.8. The summed E-state index contributed by atoms with van der Waals surface area (Å²) in [6, 6.07) is 12.8. The van der Waals surface area contributed by atoms with Crippen LogP contribution in [-0.4, -0.2) is 50.8 Å². The van der Waals surface area contributed by atoms with Gasteiger partial charge in [0.25, 0.3) is 11.8 Å². The molecule has 1 aliphatic rings. The van der Waals surface area contributed by atoms with Crippen molar-refractivity contribution >= 4 is 58.0 Å². The second-order valence-electron chi connectivity index (χ2n) is 8.77. The van der Waals surface area contributed by atoms with E-state index in [1.807, 2.05) is 12.1 Å². The van der Waals surface area contributed by atoms with E-state index in [-0.39, 0.29) is 47.5 Å². The Kier molecular flexibility index (Phi) is 7.87. The van der Waals surface area contributed by atoms with Crippen molar-refractivity contribution in [3.63, 3.8) is 0 Å². The van der Waals surface area contributed by atoms with Gasteiger partial charge in [0.2, 0.25) is 0 Å². The average Bonchev–Trinajstić information content (AvgIpc) is 3.27. The number of rotatable bonds is 7. The number of nitrogens with zero attached hydrogens (tertiary/aromatic N) is 4. The van der Waals surface area contributed by atoms with Crippen LogP contribution in [0.1, 0.15) is 36.9 Å². The number of hydrogen-bond donors (Lipinski definition) is 1. The minimum Gasteiger partial charge on any atom is -0.495 e. The molecular formula is C27H21Cl2N5O4S. The topological polar surface area (TPSA) is 114 Å². The Morgan fingerprint density at radius 2 is 2.03 bits per heavy atom. The molecule has 2 amide bonds. The molecule has 9 nitrogen and oxygen atoms in total. The molecule has 4 heterocycles. The van der Waals surface area contributed by atoms with Gasteiger partial charge in [0.05, 0.1) is 39.1 Å². The molecule has 198 valence electrons. The average molecular weight is 582 g/mol. The number of carbonyl (C=O) groups is 3. The summed E-state index contributed by atoms with van der Waals surface area (Å²) in [6.45, 7) is 0.0972. The highest BCUT2D eigenvalue weighted by molar-refractivity contribution is 7.18. The molecule has 0 radical (unpaired) electrons. The van der Waals surface area contributed by atoms with Crippen LogP contribution in [0.2, 0.25) is 9.36 Å². The third-order valence-electron chi connectivity index (χ3n) is 6.21. The van der Waals surface area contributed by atoms with Crippen LogP contribution in [0.5, 0.6) is 5.75 Å². The molecule has 1 N–H and O–H groups in total. The molecule has 1 unspecified atom stereocenters. The first-order chi connectivity index (χ1) is 18.8. The van der Waals surface area contributed by atoms with E-state index in [0.29, 0.717) is 31.8 Å². The van der Waals surface area contributed by atoms with Crippen LogP contribution in [0.25, 0.3) is 0 Å². The molecule has 3 aromatic heterocycles. The number of ether oxygens (including phenoxy) is 1. The number of Topliss-reactive ketones (excluding diaryl/α,β-unsaturated/α-hetero) is 1. The maximum atomic E-state index is 13.7. The van der Waals surface area contributed by atoms with E-state index < -0.39 is 11.9 Å². The second-order valence-corrected chi connectivity index (χ2v) is 10.9. The lowest BCUT2D eigenvalue weighted by atomic mass is 10.0. The molecule has 5 rings (SSSR count). The lowest BCUT2D eigenvalue weighted by Crippen LogP contribution is -2.44. The van der Waals surface area contributed by atoms with Gasteiger partial charge in [0, 0.05) is 37.3 Å². The van der Waals surface area contributed by atoms with Crippen molar-refractivity contribution in [2.45, 2.75) is 25.4 Å². The molecule has 39 heavy (non-hydrogen) atoms. The summed E-state index contributed by atoms with van der Waals surface area (Å²) in [4.78, 5) is 46.3. The molecule has 4 aromatic rings. The summed E-state index contributed by atoms with van der Waals surface area (Å²) < 4.78 is 5.55. The Morgan fingerprint density at radius 1 is 1.18 bits per heavy atom. The molecule has 0 saturated carbocycles. The SMILES string of the molecule is COc1cnnc(NC(=O)c2ccc(CN3C(=O)c4sc(Cl)cc4CC(=O)C3Cc3ccccn3)cc2Cl)c1. The van der Waals surface area contributed by atoms with Gasteiger partial charge in [0.15, 0.2) is 11.6 Å². The van der Waals surface area contributed by atoms with Gasteiger partial charge in [0.1, 0.15) is 5.75 Å². The molecule has 0 bridgehead atoms. The second kappa shape index (κ2) is 11.5. The lowest BCUT2D eigenvalue weighted by molar-refractivity contribution is -0.122. The van der Waals surface area contributed by atoms with Crippen LogP contribution in [0.4, 0.5) is 5.82 Å². The number of anilines is 1. The summed E-state index contributed by atoms with van der Waals surface area (Å²) in [5, 5.41) is 10.5. The molecule has 0 aliphatic carbocycles. The first-order valence-corrected chi connectivity index (χ1v) is 13.4. The Morgan fingerprint density at radius 3 is 2.77 bits per heavy atom. The molecule has 0 fully saturated rings. The van der Waals surface area contributed by atoms with E-state index in [9.17, 15) is 14.4 Å². The van der Waals surface area contributed by atoms with Crippen LogP contribution in [0, 0.1) is 0 Å². The van der Waals surface area contributed by atoms with Gasteiger partial charge in [-0.25, -0.2) is 0 Å². The molecular weight excluding hydrogens is 561 g/mol. The number of amides is 2. The number of methoxy groups -OCH3 is 1. The number of ketones is 1. The Hall–Kier alpha value is -3.86. The predicted octanol–water partition coefficient (Wildman–Crippen LogP) is 4.88. The van der Waals surface area contributed by atoms with Gasteiger partial charge in [-0.1, -0.05) is 35.3 Å². The zero-order valence-corrected chi connectivity index (χ0v) is 22.9. The van der Waals surface area contributed by atoms with Crippen LogP contribution >= 0.6 is 34.5 Å². The lowest BCUT2D eigenvalue weighted by Gasteiger charge is -2.29. The third-order valence-corrected chi connectivity index (χ3v) is 7.82. The van der Waals surface area contributed by atoms with E-state index in [1.165, 1.54) is 24.3 Å². The van der Waals surface area contributed by atoms with Crippen molar-refractivity contribution in [3.8, 4) is 5.75 Å². The normalized spacial score (nSPS) is 15.1.